The second-order valence-corrected chi connectivity index (χ2v) is 8.78. The summed E-state index contributed by atoms with van der Waals surface area (Å²) in [7, 11) is 1.57. The van der Waals surface area contributed by atoms with Crippen LogP contribution in [0.2, 0.25) is 0 Å². The standard InChI is InChI=1S/C27H31F2N3O3/c1-34-26-11-8-22-19(15-33)5-4-18(27(22)32-26)14-24(30)25-10-7-21(16-35-25)31-12-2-3-17-13-20(28)6-9-23(17)29/h2-6,8-9,11,13,21,24-25,31,33H,7,10,12,14-16,30H2,1H3/b3-2+/t21?,24-,25+/m1/s1. The lowest BCUT2D eigenvalue weighted by molar-refractivity contribution is -0.0156. The fourth-order valence-electron chi connectivity index (χ4n) is 4.45. The van der Waals surface area contributed by atoms with Crippen molar-refractivity contribution in [3.05, 3.63) is 76.9 Å². The molecule has 1 fully saturated rings. The first-order valence-electron chi connectivity index (χ1n) is 11.8. The van der Waals surface area contributed by atoms with Crippen molar-refractivity contribution < 1.29 is 23.4 Å². The zero-order valence-electron chi connectivity index (χ0n) is 19.7. The highest BCUT2D eigenvalue weighted by Crippen LogP contribution is 2.26. The molecule has 0 saturated carbocycles. The number of methoxy groups -OCH3 is 1. The Kier molecular flexibility index (Phi) is 8.41. The lowest BCUT2D eigenvalue weighted by Crippen LogP contribution is -2.47. The zero-order valence-corrected chi connectivity index (χ0v) is 19.7. The monoisotopic (exact) mass is 483 g/mol. The molecule has 3 aromatic rings. The van der Waals surface area contributed by atoms with E-state index in [2.05, 4.69) is 10.3 Å². The van der Waals surface area contributed by atoms with Crippen LogP contribution in [0.25, 0.3) is 17.0 Å². The summed E-state index contributed by atoms with van der Waals surface area (Å²) < 4.78 is 38.3. The first kappa shape index (κ1) is 25.2. The Bertz CT molecular complexity index is 1180. The Balaban J connectivity index is 1.31. The van der Waals surface area contributed by atoms with Crippen LogP contribution in [0.3, 0.4) is 0 Å². The van der Waals surface area contributed by atoms with E-state index in [0.717, 1.165) is 47.0 Å². The Morgan fingerprint density at radius 2 is 2.03 bits per heavy atom. The second kappa shape index (κ2) is 11.7. The lowest BCUT2D eigenvalue weighted by atomic mass is 9.93. The molecule has 1 aliphatic rings. The maximum absolute atomic E-state index is 13.7. The topological polar surface area (TPSA) is 89.6 Å². The fraction of sp³-hybridized carbons (Fsp3) is 0.370. The van der Waals surface area contributed by atoms with Gasteiger partial charge in [-0.1, -0.05) is 24.3 Å². The quantitative estimate of drug-likeness (QED) is 0.430. The van der Waals surface area contributed by atoms with Crippen LogP contribution >= 0.6 is 0 Å². The van der Waals surface area contributed by atoms with Crippen molar-refractivity contribution >= 4 is 17.0 Å². The molecule has 1 aromatic heterocycles. The van der Waals surface area contributed by atoms with Crippen molar-refractivity contribution in [2.45, 2.75) is 44.1 Å². The number of nitrogens with two attached hydrogens (primary N) is 1. The number of hydrogen-bond acceptors (Lipinski definition) is 6. The first-order chi connectivity index (χ1) is 17.0. The van der Waals surface area contributed by atoms with Gasteiger partial charge in [0.2, 0.25) is 5.88 Å². The van der Waals surface area contributed by atoms with Crippen molar-refractivity contribution in [1.82, 2.24) is 10.3 Å². The second-order valence-electron chi connectivity index (χ2n) is 8.78. The third-order valence-corrected chi connectivity index (χ3v) is 6.41. The zero-order chi connectivity index (χ0) is 24.8. The van der Waals surface area contributed by atoms with Crippen LogP contribution in [0.5, 0.6) is 5.88 Å². The van der Waals surface area contributed by atoms with Gasteiger partial charge in [0.15, 0.2) is 0 Å². The fourth-order valence-corrected chi connectivity index (χ4v) is 4.45. The number of nitrogens with zero attached hydrogens (tertiary/aromatic N) is 1. The Hall–Kier alpha value is -2.91. The minimum Gasteiger partial charge on any atom is -0.481 e. The summed E-state index contributed by atoms with van der Waals surface area (Å²) in [5, 5.41) is 13.9. The van der Waals surface area contributed by atoms with E-state index >= 15 is 0 Å². The summed E-state index contributed by atoms with van der Waals surface area (Å²) in [6, 6.07) is 10.9. The summed E-state index contributed by atoms with van der Waals surface area (Å²) in [6.45, 7) is 0.984. The molecule has 4 N–H and O–H groups in total. The Morgan fingerprint density at radius 3 is 2.77 bits per heavy atom. The Labute approximate surface area is 203 Å². The highest BCUT2D eigenvalue weighted by molar-refractivity contribution is 5.85. The Morgan fingerprint density at radius 1 is 1.20 bits per heavy atom. The summed E-state index contributed by atoms with van der Waals surface area (Å²) >= 11 is 0. The van der Waals surface area contributed by atoms with Gasteiger partial charge >= 0.3 is 0 Å². The number of hydrogen-bond donors (Lipinski definition) is 3. The average Bonchev–Trinajstić information content (AvgIpc) is 2.88. The third kappa shape index (κ3) is 6.21. The van der Waals surface area contributed by atoms with E-state index in [1.807, 2.05) is 18.2 Å². The predicted molar refractivity (Wildman–Crippen MR) is 132 cm³/mol. The normalized spacial score (nSPS) is 19.3. The molecule has 2 heterocycles. The molecular formula is C27H31F2N3O3. The molecule has 0 radical (unpaired) electrons. The summed E-state index contributed by atoms with van der Waals surface area (Å²) in [5.41, 5.74) is 9.34. The molecule has 3 atom stereocenters. The molecule has 2 aromatic carbocycles. The number of halogens is 2. The molecule has 1 saturated heterocycles. The molecule has 8 heteroatoms. The summed E-state index contributed by atoms with van der Waals surface area (Å²) in [5.74, 6) is -0.401. The number of fused-ring (bicyclic) bond motifs is 1. The SMILES string of the molecule is COc1ccc2c(CO)ccc(C[C@@H](N)[C@@H]3CCC(NC/C=C/c4cc(F)ccc4F)CO3)c2n1. The number of benzene rings is 2. The van der Waals surface area contributed by atoms with Crippen molar-refractivity contribution in [3.63, 3.8) is 0 Å². The minimum atomic E-state index is -0.464. The number of rotatable bonds is 9. The number of pyridine rings is 1. The largest absolute Gasteiger partial charge is 0.481 e. The maximum atomic E-state index is 13.7. The predicted octanol–water partition coefficient (Wildman–Crippen LogP) is 3.73. The van der Waals surface area contributed by atoms with Gasteiger partial charge in [-0.3, -0.25) is 0 Å². The molecule has 0 amide bonds. The van der Waals surface area contributed by atoms with Crippen LogP contribution in [-0.4, -0.2) is 48.5 Å². The molecule has 35 heavy (non-hydrogen) atoms. The number of aromatic nitrogens is 1. The highest BCUT2D eigenvalue weighted by atomic mass is 19.1. The molecule has 4 rings (SSSR count). The van der Waals surface area contributed by atoms with Crippen molar-refractivity contribution in [1.29, 1.82) is 0 Å². The molecule has 186 valence electrons. The molecule has 6 nitrogen and oxygen atoms in total. The van der Waals surface area contributed by atoms with Gasteiger partial charge in [-0.2, -0.15) is 0 Å². The van der Waals surface area contributed by atoms with Gasteiger partial charge in [-0.25, -0.2) is 13.8 Å². The average molecular weight is 484 g/mol. The van der Waals surface area contributed by atoms with E-state index < -0.39 is 11.6 Å². The first-order valence-corrected chi connectivity index (χ1v) is 11.8. The van der Waals surface area contributed by atoms with E-state index in [0.29, 0.717) is 25.5 Å². The molecule has 1 unspecified atom stereocenters. The van der Waals surface area contributed by atoms with Crippen LogP contribution in [0.1, 0.15) is 29.5 Å². The smallest absolute Gasteiger partial charge is 0.213 e. The number of aliphatic hydroxyl groups is 1. The lowest BCUT2D eigenvalue weighted by Gasteiger charge is -2.33. The number of nitrogens with one attached hydrogen (secondary N) is 1. The van der Waals surface area contributed by atoms with Crippen LogP contribution < -0.4 is 15.8 Å². The molecule has 0 aliphatic carbocycles. The van der Waals surface area contributed by atoms with Crippen LogP contribution in [0.15, 0.2) is 48.5 Å². The molecule has 0 spiro atoms. The summed E-state index contributed by atoms with van der Waals surface area (Å²) in [6.07, 6.45) is 5.57. The van der Waals surface area contributed by atoms with Crippen LogP contribution in [0, 0.1) is 11.6 Å². The van der Waals surface area contributed by atoms with Crippen molar-refractivity contribution in [3.8, 4) is 5.88 Å². The van der Waals surface area contributed by atoms with Crippen LogP contribution in [-0.2, 0) is 17.8 Å². The van der Waals surface area contributed by atoms with Gasteiger partial charge in [0, 0.05) is 35.6 Å². The van der Waals surface area contributed by atoms with Crippen LogP contribution in [0.4, 0.5) is 8.78 Å². The van der Waals surface area contributed by atoms with Crippen molar-refractivity contribution in [2.24, 2.45) is 5.73 Å². The maximum Gasteiger partial charge on any atom is 0.213 e. The van der Waals surface area contributed by atoms with E-state index in [4.69, 9.17) is 15.2 Å². The van der Waals surface area contributed by atoms with Gasteiger partial charge in [0.05, 0.1) is 31.9 Å². The van der Waals surface area contributed by atoms with Gasteiger partial charge in [-0.15, -0.1) is 0 Å². The minimum absolute atomic E-state index is 0.0661. The molecular weight excluding hydrogens is 452 g/mol. The van der Waals surface area contributed by atoms with E-state index in [1.165, 1.54) is 6.07 Å². The molecule has 0 bridgehead atoms. The van der Waals surface area contributed by atoms with Gasteiger partial charge in [0.25, 0.3) is 0 Å². The van der Waals surface area contributed by atoms with Gasteiger partial charge in [-0.05, 0) is 54.7 Å². The molecule has 1 aliphatic heterocycles. The van der Waals surface area contributed by atoms with E-state index in [1.54, 1.807) is 25.3 Å². The highest BCUT2D eigenvalue weighted by Gasteiger charge is 2.26. The van der Waals surface area contributed by atoms with E-state index in [9.17, 15) is 13.9 Å². The third-order valence-electron chi connectivity index (χ3n) is 6.41. The van der Waals surface area contributed by atoms with Gasteiger partial charge < -0.3 is 25.6 Å². The van der Waals surface area contributed by atoms with E-state index in [-0.39, 0.29) is 30.4 Å². The van der Waals surface area contributed by atoms with Crippen molar-refractivity contribution in [2.75, 3.05) is 20.3 Å². The number of ether oxygens (including phenoxy) is 2. The number of aliphatic hydroxyl groups excluding tert-OH is 1. The van der Waals surface area contributed by atoms with Gasteiger partial charge in [0.1, 0.15) is 11.6 Å². The summed E-state index contributed by atoms with van der Waals surface area (Å²) in [4.78, 5) is 4.60.